The van der Waals surface area contributed by atoms with Gasteiger partial charge >= 0.3 is 0 Å². The summed E-state index contributed by atoms with van der Waals surface area (Å²) in [6.45, 7) is 2.66. The topological polar surface area (TPSA) is 35.2 Å². The number of thiophene rings is 1. The van der Waals surface area contributed by atoms with Gasteiger partial charge in [0, 0.05) is 17.5 Å². The van der Waals surface area contributed by atoms with Crippen LogP contribution in [0.15, 0.2) is 17.5 Å². The number of ether oxygens (including phenoxy) is 1. The molecule has 0 aliphatic heterocycles. The summed E-state index contributed by atoms with van der Waals surface area (Å²) in [5, 5.41) is 2.10. The molecule has 0 saturated heterocycles. The first-order chi connectivity index (χ1) is 6.14. The molecule has 1 aromatic rings. The van der Waals surface area contributed by atoms with Crippen molar-refractivity contribution in [3.8, 4) is 0 Å². The fourth-order valence-corrected chi connectivity index (χ4v) is 1.97. The van der Waals surface area contributed by atoms with Crippen LogP contribution in [0.1, 0.15) is 18.2 Å². The lowest BCUT2D eigenvalue weighted by Crippen LogP contribution is -2.41. The normalized spacial score (nSPS) is 15.6. The Balaban J connectivity index is 2.33. The minimum absolute atomic E-state index is 0.196. The van der Waals surface area contributed by atoms with E-state index in [9.17, 15) is 0 Å². The maximum atomic E-state index is 6.02. The highest BCUT2D eigenvalue weighted by atomic mass is 32.1. The van der Waals surface area contributed by atoms with Crippen molar-refractivity contribution in [1.82, 2.24) is 0 Å². The van der Waals surface area contributed by atoms with E-state index in [-0.39, 0.29) is 5.54 Å². The van der Waals surface area contributed by atoms with Crippen LogP contribution in [0, 0.1) is 0 Å². The van der Waals surface area contributed by atoms with Gasteiger partial charge in [-0.25, -0.2) is 0 Å². The molecule has 1 rings (SSSR count). The van der Waals surface area contributed by atoms with Gasteiger partial charge in [0.1, 0.15) is 0 Å². The largest absolute Gasteiger partial charge is 0.383 e. The molecular weight excluding hydrogens is 182 g/mol. The molecule has 2 N–H and O–H groups in total. The molecule has 13 heavy (non-hydrogen) atoms. The summed E-state index contributed by atoms with van der Waals surface area (Å²) in [5.74, 6) is 0. The third-order valence-corrected chi connectivity index (χ3v) is 2.93. The van der Waals surface area contributed by atoms with Gasteiger partial charge in [-0.15, -0.1) is 11.3 Å². The van der Waals surface area contributed by atoms with E-state index in [4.69, 9.17) is 10.5 Å². The van der Waals surface area contributed by atoms with Crippen LogP contribution in [0.25, 0.3) is 0 Å². The van der Waals surface area contributed by atoms with E-state index in [1.165, 1.54) is 4.88 Å². The van der Waals surface area contributed by atoms with Crippen molar-refractivity contribution in [2.24, 2.45) is 5.73 Å². The number of hydrogen-bond acceptors (Lipinski definition) is 3. The summed E-state index contributed by atoms with van der Waals surface area (Å²) in [4.78, 5) is 1.40. The maximum Gasteiger partial charge on any atom is 0.0639 e. The molecule has 1 atom stereocenters. The van der Waals surface area contributed by atoms with Crippen LogP contribution in [0.5, 0.6) is 0 Å². The monoisotopic (exact) mass is 199 g/mol. The lowest BCUT2D eigenvalue weighted by atomic mass is 9.98. The molecule has 1 aromatic heterocycles. The van der Waals surface area contributed by atoms with Crippen LogP contribution in [0.3, 0.4) is 0 Å². The van der Waals surface area contributed by atoms with Gasteiger partial charge < -0.3 is 10.5 Å². The third kappa shape index (κ3) is 3.89. The van der Waals surface area contributed by atoms with Crippen molar-refractivity contribution in [3.05, 3.63) is 22.4 Å². The van der Waals surface area contributed by atoms with Crippen LogP contribution < -0.4 is 5.73 Å². The number of hydrogen-bond donors (Lipinski definition) is 1. The molecule has 1 unspecified atom stereocenters. The van der Waals surface area contributed by atoms with E-state index in [0.717, 1.165) is 12.8 Å². The van der Waals surface area contributed by atoms with Gasteiger partial charge in [-0.3, -0.25) is 0 Å². The first-order valence-electron chi connectivity index (χ1n) is 4.44. The van der Waals surface area contributed by atoms with E-state index in [0.29, 0.717) is 6.61 Å². The highest BCUT2D eigenvalue weighted by molar-refractivity contribution is 7.09. The summed E-state index contributed by atoms with van der Waals surface area (Å²) < 4.78 is 5.05. The Labute approximate surface area is 83.7 Å². The lowest BCUT2D eigenvalue weighted by molar-refractivity contribution is 0.136. The molecule has 74 valence electrons. The molecule has 0 radical (unpaired) electrons. The molecule has 0 aromatic carbocycles. The Bertz CT molecular complexity index is 231. The van der Waals surface area contributed by atoms with E-state index in [1.54, 1.807) is 18.4 Å². The van der Waals surface area contributed by atoms with Crippen molar-refractivity contribution in [1.29, 1.82) is 0 Å². The van der Waals surface area contributed by atoms with Gasteiger partial charge in [0.2, 0.25) is 0 Å². The summed E-state index contributed by atoms with van der Waals surface area (Å²) >= 11 is 1.79. The summed E-state index contributed by atoms with van der Waals surface area (Å²) in [5.41, 5.74) is 5.83. The van der Waals surface area contributed by atoms with Crippen LogP contribution in [-0.2, 0) is 11.2 Å². The Kier molecular flexibility index (Phi) is 3.90. The van der Waals surface area contributed by atoms with Crippen LogP contribution in [0.4, 0.5) is 0 Å². The van der Waals surface area contributed by atoms with Crippen LogP contribution in [-0.4, -0.2) is 19.3 Å². The molecule has 0 aliphatic rings. The van der Waals surface area contributed by atoms with Gasteiger partial charge in [0.25, 0.3) is 0 Å². The van der Waals surface area contributed by atoms with Crippen molar-refractivity contribution in [2.75, 3.05) is 13.7 Å². The van der Waals surface area contributed by atoms with Gasteiger partial charge in [0.05, 0.1) is 6.61 Å². The minimum Gasteiger partial charge on any atom is -0.383 e. The predicted molar refractivity (Wildman–Crippen MR) is 57.1 cm³/mol. The average molecular weight is 199 g/mol. The fourth-order valence-electron chi connectivity index (χ4n) is 1.27. The Morgan fingerprint density at radius 3 is 2.92 bits per heavy atom. The van der Waals surface area contributed by atoms with Crippen molar-refractivity contribution >= 4 is 11.3 Å². The number of methoxy groups -OCH3 is 1. The molecule has 3 heteroatoms. The summed E-state index contributed by atoms with van der Waals surface area (Å²) in [6.07, 6.45) is 2.02. The first kappa shape index (κ1) is 10.7. The zero-order chi connectivity index (χ0) is 9.73. The van der Waals surface area contributed by atoms with Crippen molar-refractivity contribution in [2.45, 2.75) is 25.3 Å². The smallest absolute Gasteiger partial charge is 0.0639 e. The molecule has 0 spiro atoms. The third-order valence-electron chi connectivity index (χ3n) is 2.00. The highest BCUT2D eigenvalue weighted by Gasteiger charge is 2.17. The van der Waals surface area contributed by atoms with Gasteiger partial charge in [-0.05, 0) is 31.2 Å². The lowest BCUT2D eigenvalue weighted by Gasteiger charge is -2.22. The van der Waals surface area contributed by atoms with E-state index < -0.39 is 0 Å². The molecule has 0 bridgehead atoms. The second-order valence-corrected chi connectivity index (χ2v) is 4.70. The quantitative estimate of drug-likeness (QED) is 0.787. The zero-order valence-corrected chi connectivity index (χ0v) is 9.06. The van der Waals surface area contributed by atoms with Gasteiger partial charge in [-0.1, -0.05) is 6.07 Å². The van der Waals surface area contributed by atoms with Crippen molar-refractivity contribution in [3.63, 3.8) is 0 Å². The van der Waals surface area contributed by atoms with Crippen molar-refractivity contribution < 1.29 is 4.74 Å². The Morgan fingerprint density at radius 1 is 1.62 bits per heavy atom. The molecular formula is C10H17NOS. The molecule has 0 fully saturated rings. The standard InChI is InChI=1S/C10H17NOS/c1-10(11,8-12-2)6-5-9-4-3-7-13-9/h3-4,7H,5-6,8,11H2,1-2H3. The predicted octanol–water partition coefficient (Wildman–Crippen LogP) is 2.04. The number of aryl methyl sites for hydroxylation is 1. The SMILES string of the molecule is COCC(C)(N)CCc1cccs1. The second kappa shape index (κ2) is 4.74. The van der Waals surface area contributed by atoms with Gasteiger partial charge in [-0.2, -0.15) is 0 Å². The van der Waals surface area contributed by atoms with E-state index >= 15 is 0 Å². The molecule has 1 heterocycles. The average Bonchev–Trinajstić information content (AvgIpc) is 2.52. The Hall–Kier alpha value is -0.380. The van der Waals surface area contributed by atoms with Crippen LogP contribution in [0.2, 0.25) is 0 Å². The zero-order valence-electron chi connectivity index (χ0n) is 8.25. The van der Waals surface area contributed by atoms with E-state index in [1.807, 2.05) is 6.92 Å². The highest BCUT2D eigenvalue weighted by Crippen LogP contribution is 2.15. The van der Waals surface area contributed by atoms with E-state index in [2.05, 4.69) is 17.5 Å². The number of nitrogens with two attached hydrogens (primary N) is 1. The molecule has 2 nitrogen and oxygen atoms in total. The summed E-state index contributed by atoms with van der Waals surface area (Å²) in [6, 6.07) is 4.22. The van der Waals surface area contributed by atoms with Crippen LogP contribution >= 0.6 is 11.3 Å². The molecule has 0 amide bonds. The first-order valence-corrected chi connectivity index (χ1v) is 5.32. The number of rotatable bonds is 5. The second-order valence-electron chi connectivity index (χ2n) is 3.67. The maximum absolute atomic E-state index is 6.02. The minimum atomic E-state index is -0.196. The van der Waals surface area contributed by atoms with Gasteiger partial charge in [0.15, 0.2) is 0 Å². The fraction of sp³-hybridized carbons (Fsp3) is 0.600. The Morgan fingerprint density at radius 2 is 2.38 bits per heavy atom. The summed E-state index contributed by atoms with van der Waals surface area (Å²) in [7, 11) is 1.69. The molecule has 0 saturated carbocycles. The molecule has 0 aliphatic carbocycles.